The molecule has 132 valence electrons. The fourth-order valence-corrected chi connectivity index (χ4v) is 4.05. The number of para-hydroxylation sites is 1. The van der Waals surface area contributed by atoms with Crippen LogP contribution in [0.4, 0.5) is 5.69 Å². The second-order valence-electron chi connectivity index (χ2n) is 6.38. The van der Waals surface area contributed by atoms with Crippen molar-refractivity contribution < 1.29 is 9.59 Å². The Morgan fingerprint density at radius 3 is 2.54 bits per heavy atom. The second kappa shape index (κ2) is 7.25. The van der Waals surface area contributed by atoms with Crippen molar-refractivity contribution in [3.63, 3.8) is 0 Å². The van der Waals surface area contributed by atoms with Crippen LogP contribution in [0, 0.1) is 0 Å². The first kappa shape index (κ1) is 16.7. The summed E-state index contributed by atoms with van der Waals surface area (Å²) in [6.45, 7) is 1.55. The SMILES string of the molecule is O=C(Nc1ccccc1C(=O)N1CCCCC1)c1nsc2ccccc12. The summed E-state index contributed by atoms with van der Waals surface area (Å²) in [6.07, 6.45) is 3.23. The monoisotopic (exact) mass is 365 g/mol. The Kier molecular flexibility index (Phi) is 4.67. The van der Waals surface area contributed by atoms with E-state index < -0.39 is 0 Å². The molecule has 5 nitrogen and oxygen atoms in total. The highest BCUT2D eigenvalue weighted by Gasteiger charge is 2.22. The first-order valence-electron chi connectivity index (χ1n) is 8.78. The minimum absolute atomic E-state index is 0.0243. The van der Waals surface area contributed by atoms with Gasteiger partial charge in [0.2, 0.25) is 0 Å². The molecule has 0 atom stereocenters. The summed E-state index contributed by atoms with van der Waals surface area (Å²) in [5.41, 5.74) is 1.46. The van der Waals surface area contributed by atoms with Crippen molar-refractivity contribution >= 4 is 39.1 Å². The number of carbonyl (C=O) groups is 2. The Morgan fingerprint density at radius 2 is 1.69 bits per heavy atom. The number of benzene rings is 2. The smallest absolute Gasteiger partial charge is 0.276 e. The van der Waals surface area contributed by atoms with Crippen LogP contribution in [0.1, 0.15) is 40.1 Å². The van der Waals surface area contributed by atoms with Crippen molar-refractivity contribution in [2.75, 3.05) is 18.4 Å². The van der Waals surface area contributed by atoms with Crippen molar-refractivity contribution in [1.82, 2.24) is 9.27 Å². The molecule has 0 saturated carbocycles. The van der Waals surface area contributed by atoms with Crippen molar-refractivity contribution in [2.24, 2.45) is 0 Å². The highest BCUT2D eigenvalue weighted by Crippen LogP contribution is 2.25. The number of likely N-dealkylation sites (tertiary alicyclic amines) is 1. The first-order chi connectivity index (χ1) is 12.7. The number of carbonyl (C=O) groups excluding carboxylic acids is 2. The van der Waals surface area contributed by atoms with Gasteiger partial charge in [-0.1, -0.05) is 30.3 Å². The zero-order valence-corrected chi connectivity index (χ0v) is 15.1. The highest BCUT2D eigenvalue weighted by atomic mass is 32.1. The Morgan fingerprint density at radius 1 is 0.962 bits per heavy atom. The van der Waals surface area contributed by atoms with Gasteiger partial charge in [-0.2, -0.15) is 4.37 Å². The summed E-state index contributed by atoms with van der Waals surface area (Å²) >= 11 is 1.30. The van der Waals surface area contributed by atoms with Gasteiger partial charge in [0.1, 0.15) is 5.69 Å². The lowest BCUT2D eigenvalue weighted by molar-refractivity contribution is 0.0725. The molecule has 0 spiro atoms. The average molecular weight is 365 g/mol. The van der Waals surface area contributed by atoms with E-state index in [2.05, 4.69) is 9.69 Å². The zero-order chi connectivity index (χ0) is 17.9. The number of amides is 2. The molecule has 2 amide bonds. The Balaban J connectivity index is 1.60. The minimum atomic E-state index is -0.290. The fraction of sp³-hybridized carbons (Fsp3) is 0.250. The minimum Gasteiger partial charge on any atom is -0.339 e. The van der Waals surface area contributed by atoms with Gasteiger partial charge in [-0.3, -0.25) is 9.59 Å². The van der Waals surface area contributed by atoms with Crippen LogP contribution in [0.5, 0.6) is 0 Å². The van der Waals surface area contributed by atoms with Crippen LogP contribution < -0.4 is 5.32 Å². The summed E-state index contributed by atoms with van der Waals surface area (Å²) < 4.78 is 5.26. The maximum atomic E-state index is 12.9. The van der Waals surface area contributed by atoms with Gasteiger partial charge in [-0.05, 0) is 49.0 Å². The average Bonchev–Trinajstić information content (AvgIpc) is 3.13. The summed E-state index contributed by atoms with van der Waals surface area (Å²) in [6, 6.07) is 14.8. The normalized spacial score (nSPS) is 14.4. The molecule has 0 bridgehead atoms. The molecule has 4 rings (SSSR count). The molecule has 2 aromatic carbocycles. The van der Waals surface area contributed by atoms with Gasteiger partial charge in [-0.15, -0.1) is 0 Å². The number of nitrogens with one attached hydrogen (secondary N) is 1. The van der Waals surface area contributed by atoms with Crippen molar-refractivity contribution in [3.05, 3.63) is 59.8 Å². The Bertz CT molecular complexity index is 960. The van der Waals surface area contributed by atoms with Gasteiger partial charge >= 0.3 is 0 Å². The quantitative estimate of drug-likeness (QED) is 0.757. The van der Waals surface area contributed by atoms with Crippen LogP contribution in [0.3, 0.4) is 0 Å². The van der Waals surface area contributed by atoms with Gasteiger partial charge in [-0.25, -0.2) is 0 Å². The van der Waals surface area contributed by atoms with Crippen LogP contribution in [0.25, 0.3) is 10.1 Å². The number of hydrogen-bond acceptors (Lipinski definition) is 4. The van der Waals surface area contributed by atoms with Gasteiger partial charge in [0, 0.05) is 18.5 Å². The standard InChI is InChI=1S/C20H19N3O2S/c24-19(18-15-9-3-5-11-17(15)26-22-18)21-16-10-4-2-8-14(16)20(25)23-12-6-1-7-13-23/h2-5,8-11H,1,6-7,12-13H2,(H,21,24). The van der Waals surface area contributed by atoms with Crippen LogP contribution in [0.15, 0.2) is 48.5 Å². The van der Waals surface area contributed by atoms with E-state index in [0.717, 1.165) is 36.0 Å². The predicted molar refractivity (Wildman–Crippen MR) is 104 cm³/mol. The molecule has 6 heteroatoms. The van der Waals surface area contributed by atoms with E-state index >= 15 is 0 Å². The first-order valence-corrected chi connectivity index (χ1v) is 9.55. The zero-order valence-electron chi connectivity index (χ0n) is 14.3. The molecule has 1 saturated heterocycles. The van der Waals surface area contributed by atoms with Gasteiger partial charge in [0.05, 0.1) is 16.0 Å². The Hall–Kier alpha value is -2.73. The third-order valence-corrected chi connectivity index (χ3v) is 5.47. The van der Waals surface area contributed by atoms with E-state index in [9.17, 15) is 9.59 Å². The van der Waals surface area contributed by atoms with Gasteiger partial charge in [0.15, 0.2) is 0 Å². The van der Waals surface area contributed by atoms with E-state index in [-0.39, 0.29) is 11.8 Å². The number of hydrogen-bond donors (Lipinski definition) is 1. The second-order valence-corrected chi connectivity index (χ2v) is 7.18. The summed E-state index contributed by atoms with van der Waals surface area (Å²) in [4.78, 5) is 27.5. The molecule has 1 aliphatic heterocycles. The molecular weight excluding hydrogens is 346 g/mol. The van der Waals surface area contributed by atoms with Crippen molar-refractivity contribution in [2.45, 2.75) is 19.3 Å². The number of anilines is 1. The maximum Gasteiger partial charge on any atom is 0.276 e. The molecular formula is C20H19N3O2S. The van der Waals surface area contributed by atoms with Gasteiger partial charge in [0.25, 0.3) is 11.8 Å². The summed E-state index contributed by atoms with van der Waals surface area (Å²) in [5, 5.41) is 3.71. The molecule has 0 aliphatic carbocycles. The number of piperidine rings is 1. The van der Waals surface area contributed by atoms with E-state index in [1.165, 1.54) is 18.0 Å². The Labute approximate surface area is 155 Å². The number of aromatic nitrogens is 1. The lowest BCUT2D eigenvalue weighted by Crippen LogP contribution is -2.36. The van der Waals surface area contributed by atoms with Crippen LogP contribution >= 0.6 is 11.5 Å². The third-order valence-electron chi connectivity index (χ3n) is 4.64. The maximum absolute atomic E-state index is 12.9. The van der Waals surface area contributed by atoms with E-state index in [1.54, 1.807) is 12.1 Å². The predicted octanol–water partition coefficient (Wildman–Crippen LogP) is 4.17. The van der Waals surface area contributed by atoms with Crippen molar-refractivity contribution in [1.29, 1.82) is 0 Å². The number of nitrogens with zero attached hydrogens (tertiary/aromatic N) is 2. The molecule has 26 heavy (non-hydrogen) atoms. The molecule has 2 heterocycles. The highest BCUT2D eigenvalue weighted by molar-refractivity contribution is 7.13. The molecule has 0 radical (unpaired) electrons. The molecule has 1 N–H and O–H groups in total. The third kappa shape index (κ3) is 3.20. The van der Waals surface area contributed by atoms with Crippen LogP contribution in [-0.4, -0.2) is 34.2 Å². The fourth-order valence-electron chi connectivity index (χ4n) is 3.28. The van der Waals surface area contributed by atoms with Crippen LogP contribution in [0.2, 0.25) is 0 Å². The summed E-state index contributed by atoms with van der Waals surface area (Å²) in [7, 11) is 0. The van der Waals surface area contributed by atoms with Crippen molar-refractivity contribution in [3.8, 4) is 0 Å². The van der Waals surface area contributed by atoms with Crippen LogP contribution in [-0.2, 0) is 0 Å². The lowest BCUT2D eigenvalue weighted by atomic mass is 10.1. The molecule has 1 aliphatic rings. The molecule has 3 aromatic rings. The van der Waals surface area contributed by atoms with Gasteiger partial charge < -0.3 is 10.2 Å². The summed E-state index contributed by atoms with van der Waals surface area (Å²) in [5.74, 6) is -0.315. The number of rotatable bonds is 3. The molecule has 0 unspecified atom stereocenters. The molecule has 1 fully saturated rings. The van der Waals surface area contributed by atoms with E-state index in [1.807, 2.05) is 41.3 Å². The topological polar surface area (TPSA) is 62.3 Å². The largest absolute Gasteiger partial charge is 0.339 e. The molecule has 1 aromatic heterocycles. The number of fused-ring (bicyclic) bond motifs is 1. The van der Waals surface area contributed by atoms with E-state index in [4.69, 9.17) is 0 Å². The lowest BCUT2D eigenvalue weighted by Gasteiger charge is -2.27. The van der Waals surface area contributed by atoms with E-state index in [0.29, 0.717) is 16.9 Å².